The van der Waals surface area contributed by atoms with Crippen molar-refractivity contribution in [1.29, 1.82) is 0 Å². The van der Waals surface area contributed by atoms with E-state index in [-0.39, 0.29) is 11.3 Å². The molecule has 0 aromatic heterocycles. The first-order valence-electron chi connectivity index (χ1n) is 6.67. The van der Waals surface area contributed by atoms with Crippen molar-refractivity contribution in [2.75, 3.05) is 0 Å². The monoisotopic (exact) mass is 275 g/mol. The van der Waals surface area contributed by atoms with Crippen LogP contribution in [-0.4, -0.2) is 16.5 Å². The van der Waals surface area contributed by atoms with E-state index >= 15 is 0 Å². The van der Waals surface area contributed by atoms with Gasteiger partial charge in [-0.25, -0.2) is 5.43 Å². The third-order valence-corrected chi connectivity index (χ3v) is 3.41. The Balaban J connectivity index is 2.09. The second kappa shape index (κ2) is 6.27. The van der Waals surface area contributed by atoms with Gasteiger partial charge in [-0.3, -0.25) is 14.9 Å². The van der Waals surface area contributed by atoms with Crippen molar-refractivity contribution in [3.8, 4) is 0 Å². The number of nitrogens with one attached hydrogen (secondary N) is 1. The van der Waals surface area contributed by atoms with E-state index in [1.807, 2.05) is 0 Å². The molecule has 6 nitrogen and oxygen atoms in total. The van der Waals surface area contributed by atoms with Crippen molar-refractivity contribution >= 4 is 17.3 Å². The van der Waals surface area contributed by atoms with Crippen molar-refractivity contribution in [2.24, 2.45) is 11.0 Å². The number of amides is 1. The van der Waals surface area contributed by atoms with Gasteiger partial charge in [-0.15, -0.1) is 0 Å². The number of carbonyl (C=O) groups excluding carboxylic acids is 1. The number of benzene rings is 1. The Labute approximate surface area is 117 Å². The third-order valence-electron chi connectivity index (χ3n) is 3.41. The molecule has 0 bridgehead atoms. The highest BCUT2D eigenvalue weighted by molar-refractivity contribution is 5.99. The molecule has 1 aliphatic rings. The van der Waals surface area contributed by atoms with Crippen molar-refractivity contribution in [3.63, 3.8) is 0 Å². The van der Waals surface area contributed by atoms with Gasteiger partial charge < -0.3 is 0 Å². The highest BCUT2D eigenvalue weighted by Crippen LogP contribution is 2.21. The molecule has 0 aliphatic heterocycles. The molecule has 1 fully saturated rings. The Morgan fingerprint density at radius 3 is 2.90 bits per heavy atom. The van der Waals surface area contributed by atoms with Crippen LogP contribution in [0.3, 0.4) is 0 Å². The summed E-state index contributed by atoms with van der Waals surface area (Å²) in [6.45, 7) is 2.15. The average molecular weight is 275 g/mol. The van der Waals surface area contributed by atoms with Gasteiger partial charge in [0.15, 0.2) is 0 Å². The number of hydrazone groups is 1. The summed E-state index contributed by atoms with van der Waals surface area (Å²) in [6, 6.07) is 5.86. The fraction of sp³-hybridized carbons (Fsp3) is 0.429. The predicted octanol–water partition coefficient (Wildman–Crippen LogP) is 2.89. The average Bonchev–Trinajstić information content (AvgIpc) is 2.45. The first kappa shape index (κ1) is 14.2. The lowest BCUT2D eigenvalue weighted by Gasteiger charge is -2.18. The van der Waals surface area contributed by atoms with Crippen LogP contribution in [0.15, 0.2) is 29.4 Å². The van der Waals surface area contributed by atoms with E-state index < -0.39 is 10.8 Å². The molecule has 0 spiro atoms. The quantitative estimate of drug-likeness (QED) is 0.680. The highest BCUT2D eigenvalue weighted by Gasteiger charge is 2.19. The molecule has 1 aliphatic carbocycles. The standard InChI is InChI=1S/C14H17N3O3/c1-10-5-4-6-11(9-10)15-16-14(18)12-7-2-3-8-13(12)17(19)20/h2-3,7-8,10H,4-6,9H2,1H3,(H,16,18)/t10-/m1/s1. The number of carbonyl (C=O) groups is 1. The second-order valence-electron chi connectivity index (χ2n) is 5.09. The van der Waals surface area contributed by atoms with E-state index in [1.165, 1.54) is 24.6 Å². The molecule has 1 amide bonds. The highest BCUT2D eigenvalue weighted by atomic mass is 16.6. The van der Waals surface area contributed by atoms with Gasteiger partial charge in [0.25, 0.3) is 11.6 Å². The molecule has 20 heavy (non-hydrogen) atoms. The Morgan fingerprint density at radius 1 is 1.45 bits per heavy atom. The van der Waals surface area contributed by atoms with Gasteiger partial charge in [0.05, 0.1) is 4.92 Å². The molecule has 0 unspecified atom stereocenters. The van der Waals surface area contributed by atoms with Gasteiger partial charge >= 0.3 is 0 Å². The van der Waals surface area contributed by atoms with Gasteiger partial charge in [0, 0.05) is 11.8 Å². The summed E-state index contributed by atoms with van der Waals surface area (Å²) in [5, 5.41) is 15.0. The zero-order valence-electron chi connectivity index (χ0n) is 11.3. The number of nitrogens with zero attached hydrogens (tertiary/aromatic N) is 2. The summed E-state index contributed by atoms with van der Waals surface area (Å²) in [4.78, 5) is 22.3. The van der Waals surface area contributed by atoms with Crippen LogP contribution in [0, 0.1) is 16.0 Å². The molecule has 106 valence electrons. The van der Waals surface area contributed by atoms with Crippen molar-refractivity contribution in [3.05, 3.63) is 39.9 Å². The first-order chi connectivity index (χ1) is 9.58. The van der Waals surface area contributed by atoms with Crippen molar-refractivity contribution in [2.45, 2.75) is 32.6 Å². The largest absolute Gasteiger partial charge is 0.282 e. The normalized spacial score (nSPS) is 20.6. The Morgan fingerprint density at radius 2 is 2.20 bits per heavy atom. The Bertz CT molecular complexity index is 554. The minimum atomic E-state index is -0.565. The number of hydrogen-bond acceptors (Lipinski definition) is 4. The van der Waals surface area contributed by atoms with Gasteiger partial charge in [-0.2, -0.15) is 5.10 Å². The molecule has 1 aromatic rings. The zero-order chi connectivity index (χ0) is 14.5. The lowest BCUT2D eigenvalue weighted by molar-refractivity contribution is -0.385. The van der Waals surface area contributed by atoms with Crippen LogP contribution in [-0.2, 0) is 0 Å². The smallest absolute Gasteiger partial charge is 0.267 e. The van der Waals surface area contributed by atoms with E-state index in [0.717, 1.165) is 25.0 Å². The van der Waals surface area contributed by atoms with Crippen molar-refractivity contribution < 1.29 is 9.72 Å². The lowest BCUT2D eigenvalue weighted by Crippen LogP contribution is -2.23. The van der Waals surface area contributed by atoms with E-state index in [1.54, 1.807) is 6.07 Å². The molecule has 1 saturated carbocycles. The van der Waals surface area contributed by atoms with E-state index in [2.05, 4.69) is 17.5 Å². The predicted molar refractivity (Wildman–Crippen MR) is 75.6 cm³/mol. The fourth-order valence-electron chi connectivity index (χ4n) is 2.38. The summed E-state index contributed by atoms with van der Waals surface area (Å²) in [7, 11) is 0. The summed E-state index contributed by atoms with van der Waals surface area (Å²) in [6.07, 6.45) is 4.00. The molecular weight excluding hydrogens is 258 g/mol. The zero-order valence-corrected chi connectivity index (χ0v) is 11.3. The van der Waals surface area contributed by atoms with Crippen LogP contribution in [0.2, 0.25) is 0 Å². The van der Waals surface area contributed by atoms with Crippen LogP contribution >= 0.6 is 0 Å². The Kier molecular flexibility index (Phi) is 4.45. The molecule has 2 rings (SSSR count). The molecule has 0 radical (unpaired) electrons. The molecule has 6 heteroatoms. The Hall–Kier alpha value is -2.24. The van der Waals surface area contributed by atoms with E-state index in [4.69, 9.17) is 0 Å². The van der Waals surface area contributed by atoms with Gasteiger partial charge in [-0.05, 0) is 37.7 Å². The molecule has 1 atom stereocenters. The third kappa shape index (κ3) is 3.40. The van der Waals surface area contributed by atoms with Crippen LogP contribution in [0.4, 0.5) is 5.69 Å². The minimum Gasteiger partial charge on any atom is -0.267 e. The number of rotatable bonds is 3. The van der Waals surface area contributed by atoms with Crippen LogP contribution in [0.25, 0.3) is 0 Å². The van der Waals surface area contributed by atoms with E-state index in [0.29, 0.717) is 5.92 Å². The molecular formula is C14H17N3O3. The molecule has 0 saturated heterocycles. The number of hydrogen-bond donors (Lipinski definition) is 1. The van der Waals surface area contributed by atoms with Crippen LogP contribution in [0.1, 0.15) is 43.0 Å². The SMILES string of the molecule is C[C@@H]1CCCC(=NNC(=O)c2ccccc2[N+](=O)[O-])C1. The maximum absolute atomic E-state index is 12.0. The second-order valence-corrected chi connectivity index (χ2v) is 5.09. The minimum absolute atomic E-state index is 0.0331. The first-order valence-corrected chi connectivity index (χ1v) is 6.67. The van der Waals surface area contributed by atoms with Crippen LogP contribution in [0.5, 0.6) is 0 Å². The van der Waals surface area contributed by atoms with Gasteiger partial charge in [0.1, 0.15) is 5.56 Å². The number of nitro benzene ring substituents is 1. The number of para-hydroxylation sites is 1. The summed E-state index contributed by atoms with van der Waals surface area (Å²) >= 11 is 0. The molecule has 1 aromatic carbocycles. The lowest BCUT2D eigenvalue weighted by atomic mass is 9.89. The van der Waals surface area contributed by atoms with E-state index in [9.17, 15) is 14.9 Å². The summed E-state index contributed by atoms with van der Waals surface area (Å²) in [5.41, 5.74) is 3.21. The van der Waals surface area contributed by atoms with Crippen LogP contribution < -0.4 is 5.43 Å². The molecule has 0 heterocycles. The van der Waals surface area contributed by atoms with Gasteiger partial charge in [0.2, 0.25) is 0 Å². The maximum atomic E-state index is 12.0. The maximum Gasteiger partial charge on any atom is 0.282 e. The summed E-state index contributed by atoms with van der Waals surface area (Å²) < 4.78 is 0. The summed E-state index contributed by atoms with van der Waals surface area (Å²) in [5.74, 6) is 0.0356. The number of nitro groups is 1. The topological polar surface area (TPSA) is 84.6 Å². The van der Waals surface area contributed by atoms with Crippen molar-refractivity contribution in [1.82, 2.24) is 5.43 Å². The fourth-order valence-corrected chi connectivity index (χ4v) is 2.38. The molecule has 1 N–H and O–H groups in total. The van der Waals surface area contributed by atoms with Gasteiger partial charge in [-0.1, -0.05) is 19.1 Å².